The largest absolute Gasteiger partial charge is 0.480 e. The number of halogens is 4. The molecular weight excluding hydrogens is 589 g/mol. The maximum absolute atomic E-state index is 13.9. The fourth-order valence-corrected chi connectivity index (χ4v) is 7.21. The Hall–Kier alpha value is -4.04. The van der Waals surface area contributed by atoms with E-state index in [9.17, 15) is 27.9 Å². The lowest BCUT2D eigenvalue weighted by Crippen LogP contribution is -2.29. The Morgan fingerprint density at radius 1 is 0.955 bits per heavy atom. The van der Waals surface area contributed by atoms with Crippen LogP contribution < -0.4 is 10.5 Å². The lowest BCUT2D eigenvalue weighted by Gasteiger charge is -2.31. The predicted octanol–water partition coefficient (Wildman–Crippen LogP) is 8.35. The summed E-state index contributed by atoms with van der Waals surface area (Å²) in [5, 5.41) is 10.0. The molecule has 2 unspecified atom stereocenters. The number of alkyl halides is 3. The van der Waals surface area contributed by atoms with Gasteiger partial charge in [0.25, 0.3) is 5.56 Å². The molecule has 9 heteroatoms. The highest BCUT2D eigenvalue weighted by Gasteiger charge is 2.40. The van der Waals surface area contributed by atoms with Crippen molar-refractivity contribution in [2.45, 2.75) is 56.8 Å². The topological polar surface area (TPSA) is 62.5 Å². The van der Waals surface area contributed by atoms with Crippen LogP contribution in [0.15, 0.2) is 89.7 Å². The zero-order chi connectivity index (χ0) is 31.0. The second-order valence-electron chi connectivity index (χ2n) is 11.8. The van der Waals surface area contributed by atoms with Crippen LogP contribution in [0.3, 0.4) is 0 Å². The molecule has 0 saturated heterocycles. The van der Waals surface area contributed by atoms with Crippen molar-refractivity contribution >= 4 is 23.4 Å². The summed E-state index contributed by atoms with van der Waals surface area (Å²) in [6.07, 6.45) is -0.432. The molecule has 0 amide bonds. The number of hydrogen-bond donors (Lipinski definition) is 1. The fourth-order valence-electron chi connectivity index (χ4n) is 6.94. The molecule has 1 fully saturated rings. The summed E-state index contributed by atoms with van der Waals surface area (Å²) in [6.45, 7) is 0.251. The van der Waals surface area contributed by atoms with E-state index in [0.29, 0.717) is 29.3 Å². The van der Waals surface area contributed by atoms with Gasteiger partial charge >= 0.3 is 12.1 Å². The van der Waals surface area contributed by atoms with Gasteiger partial charge in [-0.2, -0.15) is 13.2 Å². The maximum atomic E-state index is 13.9. The maximum Gasteiger partial charge on any atom is 0.416 e. The molecule has 1 aromatic heterocycles. The van der Waals surface area contributed by atoms with E-state index in [4.69, 9.17) is 11.6 Å². The van der Waals surface area contributed by atoms with Crippen LogP contribution in [0.2, 0.25) is 5.02 Å². The summed E-state index contributed by atoms with van der Waals surface area (Å²) in [6, 6.07) is 23.4. The molecule has 4 aromatic rings. The van der Waals surface area contributed by atoms with Crippen molar-refractivity contribution in [3.05, 3.63) is 123 Å². The van der Waals surface area contributed by atoms with Gasteiger partial charge in [-0.1, -0.05) is 97.2 Å². The summed E-state index contributed by atoms with van der Waals surface area (Å²) in [4.78, 5) is 28.1. The Morgan fingerprint density at radius 3 is 2.34 bits per heavy atom. The number of benzene rings is 3. The second-order valence-corrected chi connectivity index (χ2v) is 12.2. The van der Waals surface area contributed by atoms with Gasteiger partial charge in [0, 0.05) is 12.1 Å². The molecule has 1 N–H and O–H groups in total. The minimum atomic E-state index is -4.59. The number of carboxylic acids is 1. The summed E-state index contributed by atoms with van der Waals surface area (Å²) in [7, 11) is 0. The van der Waals surface area contributed by atoms with E-state index in [1.807, 2.05) is 48.5 Å². The van der Waals surface area contributed by atoms with E-state index in [1.165, 1.54) is 16.2 Å². The Balaban J connectivity index is 1.53. The van der Waals surface area contributed by atoms with Crippen molar-refractivity contribution in [3.63, 3.8) is 0 Å². The van der Waals surface area contributed by atoms with Crippen LogP contribution in [-0.2, 0) is 23.9 Å². The van der Waals surface area contributed by atoms with Crippen LogP contribution in [-0.4, -0.2) is 22.2 Å². The van der Waals surface area contributed by atoms with E-state index >= 15 is 0 Å². The summed E-state index contributed by atoms with van der Waals surface area (Å²) >= 11 is 6.85. The number of nitrogens with zero attached hydrogens (tertiary/aromatic N) is 2. The van der Waals surface area contributed by atoms with Gasteiger partial charge in [-0.3, -0.25) is 9.36 Å². The van der Waals surface area contributed by atoms with Crippen molar-refractivity contribution in [1.29, 1.82) is 0 Å². The Kier molecular flexibility index (Phi) is 8.29. The highest BCUT2D eigenvalue weighted by molar-refractivity contribution is 6.31. The molecular formula is C35H32ClF3N2O3. The Morgan fingerprint density at radius 2 is 1.66 bits per heavy atom. The van der Waals surface area contributed by atoms with Gasteiger partial charge in [-0.25, -0.2) is 4.79 Å². The van der Waals surface area contributed by atoms with Crippen LogP contribution in [0, 0.1) is 5.92 Å². The van der Waals surface area contributed by atoms with Crippen LogP contribution in [0.4, 0.5) is 19.0 Å². The summed E-state index contributed by atoms with van der Waals surface area (Å²) in [5.74, 6) is -0.453. The standard InChI is InChI=1S/C35H32ClF3N2O3/c36-31-28(18-23-11-7-14-25(17-23)24-12-5-2-6-13-24)30(26-15-8-16-27(19-26)35(37,38)39)32-40(20-22-9-3-1-4-10-22)21-29(34(43)44)41(32)33(31)42/h1-6,8-10,12-13,15-16,19,23,25,29H,7,11,14,17-18,20-21H2,(H,43,44)/t23?,25-,29?/m0/s1. The molecule has 2 aliphatic rings. The number of pyridine rings is 1. The first-order valence-electron chi connectivity index (χ1n) is 14.8. The smallest absolute Gasteiger partial charge is 0.416 e. The highest BCUT2D eigenvalue weighted by atomic mass is 35.5. The first-order valence-corrected chi connectivity index (χ1v) is 15.2. The molecule has 1 aliphatic carbocycles. The first-order chi connectivity index (χ1) is 21.1. The molecule has 1 saturated carbocycles. The summed E-state index contributed by atoms with van der Waals surface area (Å²) < 4.78 is 43.0. The number of anilines is 1. The third-order valence-electron chi connectivity index (χ3n) is 8.96. The van der Waals surface area contributed by atoms with Crippen LogP contribution in [0.1, 0.15) is 59.9 Å². The molecule has 44 heavy (non-hydrogen) atoms. The van der Waals surface area contributed by atoms with Gasteiger partial charge in [0.2, 0.25) is 0 Å². The van der Waals surface area contributed by atoms with Crippen molar-refractivity contribution < 1.29 is 23.1 Å². The van der Waals surface area contributed by atoms with Gasteiger partial charge in [-0.15, -0.1) is 0 Å². The Bertz CT molecular complexity index is 1720. The zero-order valence-corrected chi connectivity index (χ0v) is 24.7. The average molecular weight is 621 g/mol. The van der Waals surface area contributed by atoms with E-state index in [0.717, 1.165) is 43.4 Å². The van der Waals surface area contributed by atoms with Crippen molar-refractivity contribution in [2.24, 2.45) is 5.92 Å². The first kappa shape index (κ1) is 30.0. The van der Waals surface area contributed by atoms with Gasteiger partial charge in [0.05, 0.1) is 12.1 Å². The van der Waals surface area contributed by atoms with Gasteiger partial charge in [0.15, 0.2) is 6.04 Å². The average Bonchev–Trinajstić information content (AvgIpc) is 3.40. The molecule has 0 radical (unpaired) electrons. The van der Waals surface area contributed by atoms with Crippen LogP contribution >= 0.6 is 11.6 Å². The molecule has 0 spiro atoms. The predicted molar refractivity (Wildman–Crippen MR) is 165 cm³/mol. The third-order valence-corrected chi connectivity index (χ3v) is 9.35. The van der Waals surface area contributed by atoms with Crippen molar-refractivity contribution in [2.75, 3.05) is 11.4 Å². The number of rotatable bonds is 7. The highest BCUT2D eigenvalue weighted by Crippen LogP contribution is 2.46. The number of carboxylic acid groups (broad SMARTS) is 1. The van der Waals surface area contributed by atoms with Crippen molar-refractivity contribution in [3.8, 4) is 11.1 Å². The van der Waals surface area contributed by atoms with Crippen molar-refractivity contribution in [1.82, 2.24) is 4.57 Å². The number of hydrogen-bond acceptors (Lipinski definition) is 3. The van der Waals surface area contributed by atoms with Gasteiger partial charge in [-0.05, 0) is 65.5 Å². The number of aromatic nitrogens is 1. The minimum Gasteiger partial charge on any atom is -0.480 e. The molecule has 3 aromatic carbocycles. The van der Waals surface area contributed by atoms with E-state index in [-0.39, 0.29) is 29.6 Å². The molecule has 0 bridgehead atoms. The summed E-state index contributed by atoms with van der Waals surface area (Å²) in [5.41, 5.74) is 1.78. The molecule has 228 valence electrons. The number of carbonyl (C=O) groups is 1. The Labute approximate surface area is 258 Å². The SMILES string of the molecule is O=C(O)C1CN(Cc2ccccc2)c2c(-c3cccc(C(F)(F)F)c3)c(CC3CCC[C@H](c4ccccc4)C3)c(Cl)c(=O)n21. The molecule has 1 aliphatic heterocycles. The minimum absolute atomic E-state index is 0.0231. The second kappa shape index (κ2) is 12.2. The monoisotopic (exact) mass is 620 g/mol. The number of fused-ring (bicyclic) bond motifs is 1. The lowest BCUT2D eigenvalue weighted by molar-refractivity contribution is -0.140. The zero-order valence-electron chi connectivity index (χ0n) is 23.9. The lowest BCUT2D eigenvalue weighted by atomic mass is 9.75. The molecule has 3 atom stereocenters. The quantitative estimate of drug-likeness (QED) is 0.226. The molecule has 2 heterocycles. The van der Waals surface area contributed by atoms with E-state index < -0.39 is 29.3 Å². The van der Waals surface area contributed by atoms with Gasteiger partial charge < -0.3 is 10.0 Å². The van der Waals surface area contributed by atoms with Crippen LogP contribution in [0.25, 0.3) is 11.1 Å². The number of aliphatic carboxylic acids is 1. The van der Waals surface area contributed by atoms with Gasteiger partial charge in [0.1, 0.15) is 10.8 Å². The van der Waals surface area contributed by atoms with E-state index in [1.54, 1.807) is 11.0 Å². The normalized spacial score (nSPS) is 20.0. The third kappa shape index (κ3) is 5.87. The molecule has 5 nitrogen and oxygen atoms in total. The van der Waals surface area contributed by atoms with E-state index in [2.05, 4.69) is 12.1 Å². The fraction of sp³-hybridized carbons (Fsp3) is 0.314. The molecule has 6 rings (SSSR count). The van der Waals surface area contributed by atoms with Crippen LogP contribution in [0.5, 0.6) is 0 Å².